The Bertz CT molecular complexity index is 1080. The van der Waals surface area contributed by atoms with E-state index in [9.17, 15) is 14.0 Å². The zero-order valence-electron chi connectivity index (χ0n) is 17.7. The van der Waals surface area contributed by atoms with Gasteiger partial charge in [0, 0.05) is 49.0 Å². The van der Waals surface area contributed by atoms with Crippen LogP contribution in [0.3, 0.4) is 0 Å². The number of rotatable bonds is 6. The van der Waals surface area contributed by atoms with Crippen LogP contribution >= 0.6 is 0 Å². The van der Waals surface area contributed by atoms with Crippen molar-refractivity contribution in [1.29, 1.82) is 0 Å². The highest BCUT2D eigenvalue weighted by Gasteiger charge is 2.20. The van der Waals surface area contributed by atoms with Crippen LogP contribution in [0.2, 0.25) is 0 Å². The molecule has 164 valence electrons. The molecule has 0 radical (unpaired) electrons. The van der Waals surface area contributed by atoms with Crippen LogP contribution in [0.1, 0.15) is 45.5 Å². The first-order valence-corrected chi connectivity index (χ1v) is 10.7. The first kappa shape index (κ1) is 21.5. The molecule has 2 N–H and O–H groups in total. The monoisotopic (exact) mass is 432 g/mol. The summed E-state index contributed by atoms with van der Waals surface area (Å²) in [5.74, 6) is -0.982. The SMILES string of the molecule is O=C(Nc1ccc(N2CCCCC2)c(C(=O)NCc2cccnc2)c1)c1ccc(F)cc1. The number of hydrogen-bond acceptors (Lipinski definition) is 4. The van der Waals surface area contributed by atoms with Gasteiger partial charge in [0.05, 0.1) is 5.56 Å². The highest BCUT2D eigenvalue weighted by molar-refractivity contribution is 6.06. The van der Waals surface area contributed by atoms with Crippen LogP contribution in [0.4, 0.5) is 15.8 Å². The molecule has 1 saturated heterocycles. The average Bonchev–Trinajstić information content (AvgIpc) is 2.84. The molecule has 3 aromatic rings. The predicted octanol–water partition coefficient (Wildman–Crippen LogP) is 4.39. The summed E-state index contributed by atoms with van der Waals surface area (Å²) < 4.78 is 13.2. The molecule has 1 aliphatic heterocycles. The normalized spacial score (nSPS) is 13.5. The zero-order chi connectivity index (χ0) is 22.3. The van der Waals surface area contributed by atoms with Gasteiger partial charge in [0.25, 0.3) is 11.8 Å². The molecule has 1 fully saturated rings. The predicted molar refractivity (Wildman–Crippen MR) is 122 cm³/mol. The van der Waals surface area contributed by atoms with Crippen molar-refractivity contribution in [3.8, 4) is 0 Å². The van der Waals surface area contributed by atoms with Gasteiger partial charge < -0.3 is 15.5 Å². The van der Waals surface area contributed by atoms with Gasteiger partial charge in [0.2, 0.25) is 0 Å². The summed E-state index contributed by atoms with van der Waals surface area (Å²) in [5, 5.41) is 5.76. The minimum atomic E-state index is -0.403. The molecule has 4 rings (SSSR count). The van der Waals surface area contributed by atoms with Crippen LogP contribution in [-0.4, -0.2) is 29.9 Å². The maximum absolute atomic E-state index is 13.2. The lowest BCUT2D eigenvalue weighted by atomic mass is 10.1. The van der Waals surface area contributed by atoms with Crippen LogP contribution in [0.5, 0.6) is 0 Å². The van der Waals surface area contributed by atoms with Crippen molar-refractivity contribution in [3.63, 3.8) is 0 Å². The van der Waals surface area contributed by atoms with Crippen molar-refractivity contribution < 1.29 is 14.0 Å². The highest BCUT2D eigenvalue weighted by atomic mass is 19.1. The first-order chi connectivity index (χ1) is 15.6. The number of hydrogen-bond donors (Lipinski definition) is 2. The van der Waals surface area contributed by atoms with Crippen molar-refractivity contribution in [2.24, 2.45) is 0 Å². The van der Waals surface area contributed by atoms with Crippen LogP contribution in [0, 0.1) is 5.82 Å². The lowest BCUT2D eigenvalue weighted by molar-refractivity contribution is 0.0950. The number of carbonyl (C=O) groups is 2. The summed E-state index contributed by atoms with van der Waals surface area (Å²) in [6.45, 7) is 2.15. The van der Waals surface area contributed by atoms with Gasteiger partial charge in [-0.05, 0) is 73.4 Å². The van der Waals surface area contributed by atoms with Crippen LogP contribution < -0.4 is 15.5 Å². The summed E-state index contributed by atoms with van der Waals surface area (Å²) in [6, 6.07) is 14.4. The Balaban J connectivity index is 1.56. The molecule has 0 bridgehead atoms. The molecular formula is C25H25FN4O2. The Kier molecular flexibility index (Phi) is 6.75. The largest absolute Gasteiger partial charge is 0.371 e. The fraction of sp³-hybridized carbons (Fsp3) is 0.240. The zero-order valence-corrected chi connectivity index (χ0v) is 17.7. The van der Waals surface area contributed by atoms with E-state index >= 15 is 0 Å². The van der Waals surface area contributed by atoms with Gasteiger partial charge in [-0.2, -0.15) is 0 Å². The van der Waals surface area contributed by atoms with Gasteiger partial charge in [0.1, 0.15) is 5.82 Å². The quantitative estimate of drug-likeness (QED) is 0.606. The third-order valence-corrected chi connectivity index (χ3v) is 5.48. The van der Waals surface area contributed by atoms with E-state index in [1.807, 2.05) is 18.2 Å². The van der Waals surface area contributed by atoms with E-state index in [0.29, 0.717) is 23.4 Å². The molecule has 2 heterocycles. The molecule has 7 heteroatoms. The number of halogens is 1. The molecule has 0 saturated carbocycles. The first-order valence-electron chi connectivity index (χ1n) is 10.7. The van der Waals surface area contributed by atoms with Crippen molar-refractivity contribution >= 4 is 23.2 Å². The van der Waals surface area contributed by atoms with Crippen molar-refractivity contribution in [3.05, 3.63) is 89.5 Å². The minimum Gasteiger partial charge on any atom is -0.371 e. The molecule has 1 aliphatic rings. The highest BCUT2D eigenvalue weighted by Crippen LogP contribution is 2.27. The number of anilines is 2. The number of piperidine rings is 1. The van der Waals surface area contributed by atoms with Crippen molar-refractivity contribution in [2.45, 2.75) is 25.8 Å². The van der Waals surface area contributed by atoms with E-state index < -0.39 is 5.82 Å². The van der Waals surface area contributed by atoms with Gasteiger partial charge in [-0.25, -0.2) is 4.39 Å². The summed E-state index contributed by atoms with van der Waals surface area (Å²) >= 11 is 0. The number of aromatic nitrogens is 1. The van der Waals surface area contributed by atoms with E-state index in [4.69, 9.17) is 0 Å². The molecular weight excluding hydrogens is 407 g/mol. The van der Waals surface area contributed by atoms with Gasteiger partial charge >= 0.3 is 0 Å². The smallest absolute Gasteiger partial charge is 0.255 e. The Morgan fingerprint density at radius 3 is 2.47 bits per heavy atom. The standard InChI is InChI=1S/C25H25FN4O2/c26-20-8-6-19(7-9-20)24(31)29-21-10-11-23(30-13-2-1-3-14-30)22(15-21)25(32)28-17-18-5-4-12-27-16-18/h4-12,15-16H,1-3,13-14,17H2,(H,28,32)(H,29,31). The maximum atomic E-state index is 13.2. The third-order valence-electron chi connectivity index (χ3n) is 5.48. The Morgan fingerprint density at radius 1 is 0.969 bits per heavy atom. The van der Waals surface area contributed by atoms with Crippen molar-refractivity contribution in [2.75, 3.05) is 23.3 Å². The second kappa shape index (κ2) is 10.0. The molecule has 1 aromatic heterocycles. The number of pyridine rings is 1. The second-order valence-electron chi connectivity index (χ2n) is 7.78. The summed E-state index contributed by atoms with van der Waals surface area (Å²) in [4.78, 5) is 32.0. The van der Waals surface area contributed by atoms with Gasteiger partial charge in [-0.15, -0.1) is 0 Å². The number of nitrogens with one attached hydrogen (secondary N) is 2. The molecule has 0 unspecified atom stereocenters. The fourth-order valence-electron chi connectivity index (χ4n) is 3.79. The molecule has 2 aromatic carbocycles. The Morgan fingerprint density at radius 2 is 1.75 bits per heavy atom. The van der Waals surface area contributed by atoms with E-state index in [2.05, 4.69) is 20.5 Å². The summed E-state index contributed by atoms with van der Waals surface area (Å²) in [7, 11) is 0. The average molecular weight is 432 g/mol. The lowest BCUT2D eigenvalue weighted by Crippen LogP contribution is -2.32. The molecule has 2 amide bonds. The lowest BCUT2D eigenvalue weighted by Gasteiger charge is -2.30. The Hall–Kier alpha value is -3.74. The number of amides is 2. The topological polar surface area (TPSA) is 74.3 Å². The molecule has 0 atom stereocenters. The molecule has 32 heavy (non-hydrogen) atoms. The fourth-order valence-corrected chi connectivity index (χ4v) is 3.79. The molecule has 6 nitrogen and oxygen atoms in total. The van der Waals surface area contributed by atoms with Crippen molar-refractivity contribution in [1.82, 2.24) is 10.3 Å². The van der Waals surface area contributed by atoms with Crippen LogP contribution in [0.25, 0.3) is 0 Å². The number of benzene rings is 2. The number of carbonyl (C=O) groups excluding carboxylic acids is 2. The van der Waals surface area contributed by atoms with E-state index in [-0.39, 0.29) is 11.8 Å². The van der Waals surface area contributed by atoms with Gasteiger partial charge in [0.15, 0.2) is 0 Å². The Labute approximate surface area is 186 Å². The molecule has 0 aliphatic carbocycles. The third kappa shape index (κ3) is 5.29. The van der Waals surface area contributed by atoms with Crippen LogP contribution in [0.15, 0.2) is 67.0 Å². The van der Waals surface area contributed by atoms with Crippen LogP contribution in [-0.2, 0) is 6.54 Å². The minimum absolute atomic E-state index is 0.215. The number of nitrogens with zero attached hydrogens (tertiary/aromatic N) is 2. The van der Waals surface area contributed by atoms with E-state index in [1.165, 1.54) is 30.7 Å². The summed E-state index contributed by atoms with van der Waals surface area (Å²) in [5.41, 5.74) is 3.11. The summed E-state index contributed by atoms with van der Waals surface area (Å²) in [6.07, 6.45) is 6.75. The second-order valence-corrected chi connectivity index (χ2v) is 7.78. The van der Waals surface area contributed by atoms with E-state index in [0.717, 1.165) is 37.2 Å². The van der Waals surface area contributed by atoms with Gasteiger partial charge in [-0.1, -0.05) is 6.07 Å². The molecule has 0 spiro atoms. The van der Waals surface area contributed by atoms with Gasteiger partial charge in [-0.3, -0.25) is 14.6 Å². The maximum Gasteiger partial charge on any atom is 0.255 e. The van der Waals surface area contributed by atoms with E-state index in [1.54, 1.807) is 24.5 Å².